The maximum absolute atomic E-state index is 13.9. The fourth-order valence-corrected chi connectivity index (χ4v) is 21.4. The van der Waals surface area contributed by atoms with Crippen molar-refractivity contribution in [1.82, 2.24) is 26.2 Å². The molecular weight excluding hydrogens is 1210 g/mol. The minimum Gasteiger partial charge on any atom is -0.353 e. The Morgan fingerprint density at radius 3 is 0.773 bits per heavy atom. The number of nitrogens with zero attached hydrogens (tertiary/aromatic N) is 1. The lowest BCUT2D eigenvalue weighted by molar-refractivity contribution is -0.134. The summed E-state index contributed by atoms with van der Waals surface area (Å²) in [6, 6.07) is 1.39. The molecule has 0 bridgehead atoms. The lowest BCUT2D eigenvalue weighted by Gasteiger charge is -2.52. The molecule has 8 rings (SSSR count). The average molecular weight is 1360 g/mol. The van der Waals surface area contributed by atoms with E-state index in [0.717, 1.165) is 122 Å². The molecule has 1 aliphatic heterocycles. The Morgan fingerprint density at radius 1 is 0.340 bits per heavy atom. The number of Topliss-reactive ketones (excluding diaryl/α,β-unsaturated/α-hetero) is 1. The third-order valence-electron chi connectivity index (χ3n) is 29.1. The molecule has 562 valence electrons. The first-order valence-electron chi connectivity index (χ1n) is 40.4. The topological polar surface area (TPSA) is 154 Å². The standard InChI is InChI=1S/C22H39NO2.C21H38FNO.C21H38N2O2.C21H39NO/c1-15(2)22(21(4,5)6)13-11-19(12-14-22)23-20(25)18-9-7-17(8-10-18)16(3)24;1-15(2)21(19(3,4)5)13-9-17(10-14-21)23-18(24)16-7-11-20(6,22)12-8-16;1-15(2)21(20(4,5)6)11-7-18(8-12-21)22-19(25)17-9-13-23(14-10-17)16(3)24;1-15(2)21(20(4,5)6)13-11-18(12-14-21)22-19(23)17-9-7-16(3)8-10-17/h15,17-19H,7-14H2,1-6H3,(H,23,25);15-17H,7-14H2,1-6H3,(H,23,24);15,17-18H,7-14H2,1-6H3,(H,22,25);15-18H,7-14H2,1-6H3,(H,22,23). The lowest BCUT2D eigenvalue weighted by Crippen LogP contribution is -2.49. The molecule has 8 aliphatic rings. The Balaban J connectivity index is 0.000000234. The van der Waals surface area contributed by atoms with E-state index in [2.05, 4.69) is 167 Å². The number of hydrogen-bond donors (Lipinski definition) is 4. The number of carbonyl (C=O) groups excluding carboxylic acids is 6. The molecule has 0 spiro atoms. The fraction of sp³-hybridized carbons (Fsp3) is 0.929. The van der Waals surface area contributed by atoms with Gasteiger partial charge in [-0.2, -0.15) is 0 Å². The van der Waals surface area contributed by atoms with E-state index in [-0.39, 0.29) is 53.2 Å². The van der Waals surface area contributed by atoms with Crippen molar-refractivity contribution >= 4 is 35.3 Å². The van der Waals surface area contributed by atoms with Gasteiger partial charge in [-0.05, 0) is 279 Å². The van der Waals surface area contributed by atoms with Gasteiger partial charge in [0.05, 0.1) is 0 Å². The summed E-state index contributed by atoms with van der Waals surface area (Å²) >= 11 is 0. The highest BCUT2D eigenvalue weighted by atomic mass is 19.1. The Hall–Kier alpha value is -3.05. The monoisotopic (exact) mass is 1360 g/mol. The third kappa shape index (κ3) is 22.0. The van der Waals surface area contributed by atoms with Crippen molar-refractivity contribution in [2.45, 2.75) is 389 Å². The van der Waals surface area contributed by atoms with E-state index in [1.165, 1.54) is 64.2 Å². The van der Waals surface area contributed by atoms with Gasteiger partial charge in [0.15, 0.2) is 0 Å². The van der Waals surface area contributed by atoms with Crippen LogP contribution in [0, 0.1) is 102 Å². The van der Waals surface area contributed by atoms with E-state index in [1.807, 2.05) is 4.90 Å². The maximum Gasteiger partial charge on any atom is 0.223 e. The zero-order valence-electron chi connectivity index (χ0n) is 67.5. The van der Waals surface area contributed by atoms with Crippen LogP contribution in [-0.4, -0.2) is 83.1 Å². The zero-order valence-corrected chi connectivity index (χ0v) is 67.5. The molecule has 0 unspecified atom stereocenters. The first-order chi connectivity index (χ1) is 44.8. The number of carbonyl (C=O) groups is 6. The molecule has 7 aliphatic carbocycles. The number of likely N-dealkylation sites (tertiary alicyclic amines) is 1. The summed E-state index contributed by atoms with van der Waals surface area (Å²) < 4.78 is 13.9. The number of halogens is 1. The summed E-state index contributed by atoms with van der Waals surface area (Å²) in [4.78, 5) is 75.1. The highest BCUT2D eigenvalue weighted by Gasteiger charge is 2.51. The summed E-state index contributed by atoms with van der Waals surface area (Å²) in [5.41, 5.74) is 1.74. The van der Waals surface area contributed by atoms with Crippen LogP contribution in [0.4, 0.5) is 4.39 Å². The lowest BCUT2D eigenvalue weighted by atomic mass is 9.54. The van der Waals surface area contributed by atoms with E-state index in [0.29, 0.717) is 129 Å². The molecular formula is C85H154FN5O6. The molecule has 0 atom stereocenters. The van der Waals surface area contributed by atoms with Crippen LogP contribution < -0.4 is 21.3 Å². The van der Waals surface area contributed by atoms with Gasteiger partial charge < -0.3 is 26.2 Å². The van der Waals surface area contributed by atoms with Crippen LogP contribution >= 0.6 is 0 Å². The molecule has 8 fully saturated rings. The average Bonchev–Trinajstić information content (AvgIpc) is 0.793. The van der Waals surface area contributed by atoms with Crippen LogP contribution in [0.15, 0.2) is 0 Å². The van der Waals surface area contributed by atoms with Gasteiger partial charge in [0.2, 0.25) is 29.5 Å². The smallest absolute Gasteiger partial charge is 0.223 e. The Kier molecular flexibility index (Phi) is 30.5. The normalized spacial score (nSPS) is 34.2. The van der Waals surface area contributed by atoms with Crippen molar-refractivity contribution < 1.29 is 33.2 Å². The summed E-state index contributed by atoms with van der Waals surface area (Å²) in [6.07, 6.45) is 30.7. The summed E-state index contributed by atoms with van der Waals surface area (Å²) in [7, 11) is 0. The largest absolute Gasteiger partial charge is 0.353 e. The molecule has 0 radical (unpaired) electrons. The van der Waals surface area contributed by atoms with Crippen LogP contribution in [0.25, 0.3) is 0 Å². The van der Waals surface area contributed by atoms with Gasteiger partial charge in [0.25, 0.3) is 0 Å². The molecule has 12 heteroatoms. The van der Waals surface area contributed by atoms with E-state index in [9.17, 15) is 33.2 Å². The Morgan fingerprint density at radius 2 is 0.557 bits per heavy atom. The van der Waals surface area contributed by atoms with E-state index >= 15 is 0 Å². The maximum atomic E-state index is 13.9. The number of rotatable bonds is 13. The quantitative estimate of drug-likeness (QED) is 0.144. The second-order valence-corrected chi connectivity index (χ2v) is 39.5. The molecule has 0 aromatic rings. The third-order valence-corrected chi connectivity index (χ3v) is 29.1. The van der Waals surface area contributed by atoms with Crippen molar-refractivity contribution in [2.75, 3.05) is 13.1 Å². The number of nitrogens with one attached hydrogen (secondary N) is 4. The first-order valence-corrected chi connectivity index (χ1v) is 40.4. The van der Waals surface area contributed by atoms with Gasteiger partial charge >= 0.3 is 0 Å². The van der Waals surface area contributed by atoms with Gasteiger partial charge in [0, 0.05) is 73.8 Å². The molecule has 0 aromatic heterocycles. The SMILES string of the molecule is CC(=O)C1CCC(C(=O)NC2CCC(C(C)C)(C(C)(C)C)CC2)CC1.CC(=O)N1CCC(C(=O)NC2CCC(C(C)C)(C(C)(C)C)CC2)CC1.CC(C)C1(C(C)(C)C)CCC(NC(=O)C2CCC(C)(F)CC2)CC1.CC1CCC(C(=O)NC2CCC(C(C)C)(C(C)(C)C)CC2)CC1. The van der Waals surface area contributed by atoms with Gasteiger partial charge in [0.1, 0.15) is 11.5 Å². The minimum absolute atomic E-state index is 0.0215. The summed E-state index contributed by atoms with van der Waals surface area (Å²) in [6.45, 7) is 56.1. The van der Waals surface area contributed by atoms with Crippen LogP contribution in [0.3, 0.4) is 0 Å². The van der Waals surface area contributed by atoms with E-state index in [4.69, 9.17) is 0 Å². The Labute approximate surface area is 595 Å². The molecule has 0 aromatic carbocycles. The molecule has 7 saturated carbocycles. The second kappa shape index (κ2) is 35.0. The van der Waals surface area contributed by atoms with Crippen LogP contribution in [-0.2, 0) is 28.8 Å². The number of piperidine rings is 1. The van der Waals surface area contributed by atoms with Crippen molar-refractivity contribution in [3.8, 4) is 0 Å². The van der Waals surface area contributed by atoms with Crippen molar-refractivity contribution in [3.05, 3.63) is 0 Å². The van der Waals surface area contributed by atoms with Gasteiger partial charge in [-0.15, -0.1) is 0 Å². The van der Waals surface area contributed by atoms with Crippen LogP contribution in [0.2, 0.25) is 0 Å². The van der Waals surface area contributed by atoms with Gasteiger partial charge in [-0.3, -0.25) is 28.8 Å². The van der Waals surface area contributed by atoms with Crippen LogP contribution in [0.1, 0.15) is 359 Å². The predicted octanol–water partition coefficient (Wildman–Crippen LogP) is 20.3. The number of hydrogen-bond acceptors (Lipinski definition) is 6. The number of amides is 5. The van der Waals surface area contributed by atoms with Gasteiger partial charge in [-0.1, -0.05) is 145 Å². The van der Waals surface area contributed by atoms with Gasteiger partial charge in [-0.25, -0.2) is 4.39 Å². The summed E-state index contributed by atoms with van der Waals surface area (Å²) in [5.74, 6) is 5.59. The molecule has 11 nitrogen and oxygen atoms in total. The highest BCUT2D eigenvalue weighted by Crippen LogP contribution is 2.58. The minimum atomic E-state index is -1.06. The number of ketones is 1. The number of alkyl halides is 1. The molecule has 4 N–H and O–H groups in total. The molecule has 97 heavy (non-hydrogen) atoms. The summed E-state index contributed by atoms with van der Waals surface area (Å²) in [5, 5.41) is 13.3. The second-order valence-electron chi connectivity index (χ2n) is 39.5. The van der Waals surface area contributed by atoms with Crippen molar-refractivity contribution in [3.63, 3.8) is 0 Å². The van der Waals surface area contributed by atoms with Crippen molar-refractivity contribution in [1.29, 1.82) is 0 Å². The molecule has 1 heterocycles. The van der Waals surface area contributed by atoms with E-state index in [1.54, 1.807) is 20.8 Å². The fourth-order valence-electron chi connectivity index (χ4n) is 21.4. The van der Waals surface area contributed by atoms with E-state index < -0.39 is 5.67 Å². The molecule has 1 saturated heterocycles. The van der Waals surface area contributed by atoms with Crippen molar-refractivity contribution in [2.24, 2.45) is 102 Å². The Bertz CT molecular complexity index is 2370. The zero-order chi connectivity index (χ0) is 73.1. The molecule has 5 amide bonds. The van der Waals surface area contributed by atoms with Crippen LogP contribution in [0.5, 0.6) is 0 Å². The highest BCUT2D eigenvalue weighted by molar-refractivity contribution is 5.82. The first kappa shape index (κ1) is 84.6. The predicted molar refractivity (Wildman–Crippen MR) is 402 cm³/mol.